The minimum absolute atomic E-state index is 0.00964. The summed E-state index contributed by atoms with van der Waals surface area (Å²) in [6, 6.07) is 13.4. The predicted octanol–water partition coefficient (Wildman–Crippen LogP) is 3.76. The summed E-state index contributed by atoms with van der Waals surface area (Å²) in [5, 5.41) is 6.94. The topological polar surface area (TPSA) is 51.8 Å². The van der Waals surface area contributed by atoms with Crippen molar-refractivity contribution in [3.8, 4) is 17.2 Å². The van der Waals surface area contributed by atoms with Crippen molar-refractivity contribution in [2.75, 3.05) is 26.6 Å². The summed E-state index contributed by atoms with van der Waals surface area (Å²) in [4.78, 5) is 0. The number of hydrogen-bond donors (Lipinski definition) is 2. The van der Waals surface area contributed by atoms with Crippen LogP contribution in [0.2, 0.25) is 0 Å². The Bertz CT molecular complexity index is 706. The van der Waals surface area contributed by atoms with Gasteiger partial charge in [0, 0.05) is 11.8 Å². The van der Waals surface area contributed by atoms with Gasteiger partial charge in [0.25, 0.3) is 0 Å². The van der Waals surface area contributed by atoms with Crippen molar-refractivity contribution in [2.45, 2.75) is 13.0 Å². The van der Waals surface area contributed by atoms with E-state index in [1.165, 1.54) is 0 Å². The van der Waals surface area contributed by atoms with E-state index in [4.69, 9.17) is 26.4 Å². The molecule has 0 amide bonds. The van der Waals surface area contributed by atoms with E-state index in [-0.39, 0.29) is 6.04 Å². The third-order valence-corrected chi connectivity index (χ3v) is 3.80. The SMILES string of the molecule is COc1cccc(NC(=S)N[C@@H](C)c2ccc(OC)c(OC)c2)c1. The molecule has 24 heavy (non-hydrogen) atoms. The molecule has 0 radical (unpaired) electrons. The largest absolute Gasteiger partial charge is 0.497 e. The van der Waals surface area contributed by atoms with Crippen LogP contribution in [0.4, 0.5) is 5.69 Å². The lowest BCUT2D eigenvalue weighted by atomic mass is 10.1. The molecule has 2 aromatic carbocycles. The smallest absolute Gasteiger partial charge is 0.171 e. The minimum atomic E-state index is 0.00964. The first-order valence-electron chi connectivity index (χ1n) is 7.51. The molecule has 0 fully saturated rings. The van der Waals surface area contributed by atoms with Gasteiger partial charge in [-0.2, -0.15) is 0 Å². The summed E-state index contributed by atoms with van der Waals surface area (Å²) in [6.45, 7) is 2.03. The van der Waals surface area contributed by atoms with E-state index in [1.807, 2.05) is 49.4 Å². The summed E-state index contributed by atoms with van der Waals surface area (Å²) in [7, 11) is 4.87. The van der Waals surface area contributed by atoms with E-state index in [0.717, 1.165) is 17.0 Å². The Kier molecular flexibility index (Phi) is 6.26. The normalized spacial score (nSPS) is 11.3. The van der Waals surface area contributed by atoms with Gasteiger partial charge in [-0.25, -0.2) is 0 Å². The molecule has 6 heteroatoms. The first kappa shape index (κ1) is 17.9. The number of rotatable bonds is 6. The summed E-state index contributed by atoms with van der Waals surface area (Å²) < 4.78 is 15.8. The van der Waals surface area contributed by atoms with Gasteiger partial charge in [0.2, 0.25) is 0 Å². The molecule has 0 aliphatic carbocycles. The van der Waals surface area contributed by atoms with Crippen LogP contribution in [0.3, 0.4) is 0 Å². The zero-order chi connectivity index (χ0) is 17.5. The fourth-order valence-corrected chi connectivity index (χ4v) is 2.56. The van der Waals surface area contributed by atoms with Crippen LogP contribution in [0.1, 0.15) is 18.5 Å². The predicted molar refractivity (Wildman–Crippen MR) is 100 cm³/mol. The van der Waals surface area contributed by atoms with Gasteiger partial charge in [-0.05, 0) is 49.0 Å². The van der Waals surface area contributed by atoms with E-state index in [9.17, 15) is 0 Å². The van der Waals surface area contributed by atoms with E-state index >= 15 is 0 Å². The standard InChI is InChI=1S/C18H22N2O3S/c1-12(13-8-9-16(22-3)17(10-13)23-4)19-18(24)20-14-6-5-7-15(11-14)21-2/h5-12H,1-4H3,(H2,19,20,24)/t12-/m0/s1. The van der Waals surface area contributed by atoms with Crippen molar-refractivity contribution in [1.82, 2.24) is 5.32 Å². The van der Waals surface area contributed by atoms with Crippen LogP contribution in [-0.4, -0.2) is 26.4 Å². The average Bonchev–Trinajstić information content (AvgIpc) is 2.60. The maximum Gasteiger partial charge on any atom is 0.171 e. The Morgan fingerprint density at radius 1 is 0.958 bits per heavy atom. The molecule has 0 bridgehead atoms. The highest BCUT2D eigenvalue weighted by molar-refractivity contribution is 7.80. The van der Waals surface area contributed by atoms with E-state index in [0.29, 0.717) is 16.6 Å². The quantitative estimate of drug-likeness (QED) is 0.777. The number of nitrogens with one attached hydrogen (secondary N) is 2. The molecule has 0 saturated carbocycles. The van der Waals surface area contributed by atoms with Gasteiger partial charge in [-0.15, -0.1) is 0 Å². The lowest BCUT2D eigenvalue weighted by Gasteiger charge is -2.19. The van der Waals surface area contributed by atoms with Gasteiger partial charge in [0.15, 0.2) is 16.6 Å². The molecule has 128 valence electrons. The van der Waals surface area contributed by atoms with Crippen molar-refractivity contribution in [3.63, 3.8) is 0 Å². The molecule has 0 heterocycles. The Morgan fingerprint density at radius 2 is 1.71 bits per heavy atom. The Labute approximate surface area is 147 Å². The van der Waals surface area contributed by atoms with Gasteiger partial charge in [-0.1, -0.05) is 12.1 Å². The van der Waals surface area contributed by atoms with Crippen molar-refractivity contribution in [2.24, 2.45) is 0 Å². The fraction of sp³-hybridized carbons (Fsp3) is 0.278. The van der Waals surface area contributed by atoms with Crippen LogP contribution in [-0.2, 0) is 0 Å². The number of benzene rings is 2. The fourth-order valence-electron chi connectivity index (χ4n) is 2.27. The third-order valence-electron chi connectivity index (χ3n) is 3.58. The van der Waals surface area contributed by atoms with Crippen LogP contribution in [0.5, 0.6) is 17.2 Å². The molecule has 0 aliphatic heterocycles. The van der Waals surface area contributed by atoms with Crippen molar-refractivity contribution in [3.05, 3.63) is 48.0 Å². The Balaban J connectivity index is 2.03. The number of ether oxygens (including phenoxy) is 3. The molecule has 1 atom stereocenters. The van der Waals surface area contributed by atoms with E-state index < -0.39 is 0 Å². The van der Waals surface area contributed by atoms with Crippen molar-refractivity contribution in [1.29, 1.82) is 0 Å². The lowest BCUT2D eigenvalue weighted by Crippen LogP contribution is -2.30. The number of thiocarbonyl (C=S) groups is 1. The minimum Gasteiger partial charge on any atom is -0.497 e. The highest BCUT2D eigenvalue weighted by atomic mass is 32.1. The van der Waals surface area contributed by atoms with Gasteiger partial charge >= 0.3 is 0 Å². The average molecular weight is 346 g/mol. The Morgan fingerprint density at radius 3 is 2.38 bits per heavy atom. The first-order chi connectivity index (χ1) is 11.6. The lowest BCUT2D eigenvalue weighted by molar-refractivity contribution is 0.354. The molecule has 0 aromatic heterocycles. The number of anilines is 1. The van der Waals surface area contributed by atoms with Gasteiger partial charge in [-0.3, -0.25) is 0 Å². The van der Waals surface area contributed by atoms with Crippen LogP contribution >= 0.6 is 12.2 Å². The second-order valence-corrected chi connectivity index (χ2v) is 5.57. The monoisotopic (exact) mass is 346 g/mol. The highest BCUT2D eigenvalue weighted by Gasteiger charge is 2.11. The molecule has 2 rings (SSSR count). The van der Waals surface area contributed by atoms with Crippen LogP contribution < -0.4 is 24.8 Å². The molecule has 5 nitrogen and oxygen atoms in total. The van der Waals surface area contributed by atoms with Gasteiger partial charge in [0.05, 0.1) is 27.4 Å². The highest BCUT2D eigenvalue weighted by Crippen LogP contribution is 2.29. The van der Waals surface area contributed by atoms with Crippen LogP contribution in [0.25, 0.3) is 0 Å². The summed E-state index contributed by atoms with van der Waals surface area (Å²) in [6.07, 6.45) is 0. The van der Waals surface area contributed by atoms with Crippen molar-refractivity contribution < 1.29 is 14.2 Å². The van der Waals surface area contributed by atoms with Gasteiger partial charge in [0.1, 0.15) is 5.75 Å². The maximum absolute atomic E-state index is 5.38. The molecule has 0 spiro atoms. The molecule has 0 saturated heterocycles. The zero-order valence-corrected chi connectivity index (χ0v) is 15.1. The number of methoxy groups -OCH3 is 3. The van der Waals surface area contributed by atoms with Crippen LogP contribution in [0, 0.1) is 0 Å². The molecule has 0 aliphatic rings. The summed E-state index contributed by atoms with van der Waals surface area (Å²) >= 11 is 5.38. The summed E-state index contributed by atoms with van der Waals surface area (Å²) in [5.74, 6) is 2.16. The first-order valence-corrected chi connectivity index (χ1v) is 7.91. The Hall–Kier alpha value is -2.47. The zero-order valence-electron chi connectivity index (χ0n) is 14.3. The van der Waals surface area contributed by atoms with Gasteiger partial charge < -0.3 is 24.8 Å². The summed E-state index contributed by atoms with van der Waals surface area (Å²) in [5.41, 5.74) is 1.91. The van der Waals surface area contributed by atoms with E-state index in [2.05, 4.69) is 10.6 Å². The van der Waals surface area contributed by atoms with Crippen molar-refractivity contribution >= 4 is 23.0 Å². The maximum atomic E-state index is 5.38. The second-order valence-electron chi connectivity index (χ2n) is 5.17. The van der Waals surface area contributed by atoms with Crippen LogP contribution in [0.15, 0.2) is 42.5 Å². The second kappa shape index (κ2) is 8.40. The molecule has 0 unspecified atom stereocenters. The molecule has 2 aromatic rings. The third kappa shape index (κ3) is 4.52. The number of hydrogen-bond acceptors (Lipinski definition) is 4. The van der Waals surface area contributed by atoms with E-state index in [1.54, 1.807) is 21.3 Å². The molecular weight excluding hydrogens is 324 g/mol. The molecule has 2 N–H and O–H groups in total. The molecular formula is C18H22N2O3S.